The molecule has 5 nitrogen and oxygen atoms in total. The van der Waals surface area contributed by atoms with Crippen molar-refractivity contribution in [3.8, 4) is 0 Å². The van der Waals surface area contributed by atoms with Crippen LogP contribution in [0.1, 0.15) is 17.0 Å². The molecule has 13 heavy (non-hydrogen) atoms. The number of nitrogens with one attached hydrogen (secondary N) is 1. The monoisotopic (exact) mass is 182 g/mol. The first-order chi connectivity index (χ1) is 6.27. The molecule has 0 aromatic carbocycles. The molecule has 0 radical (unpaired) electrons. The molecular formula is C8H10N2O3. The Morgan fingerprint density at radius 2 is 2.54 bits per heavy atom. The smallest absolute Gasteiger partial charge is 0.309 e. The third kappa shape index (κ3) is 1.55. The van der Waals surface area contributed by atoms with Gasteiger partial charge in [-0.3, -0.25) is 9.89 Å². The molecular weight excluding hydrogens is 172 g/mol. The Morgan fingerprint density at radius 1 is 1.69 bits per heavy atom. The van der Waals surface area contributed by atoms with E-state index in [2.05, 4.69) is 10.2 Å². The molecule has 0 bridgehead atoms. The molecule has 70 valence electrons. The van der Waals surface area contributed by atoms with Crippen molar-refractivity contribution >= 4 is 5.97 Å². The van der Waals surface area contributed by atoms with Gasteiger partial charge in [-0.05, 0) is 6.42 Å². The van der Waals surface area contributed by atoms with E-state index in [9.17, 15) is 4.79 Å². The molecule has 5 heteroatoms. The van der Waals surface area contributed by atoms with Gasteiger partial charge in [0.05, 0.1) is 31.0 Å². The Morgan fingerprint density at radius 3 is 3.31 bits per heavy atom. The average molecular weight is 182 g/mol. The van der Waals surface area contributed by atoms with Crippen LogP contribution in [0.25, 0.3) is 0 Å². The summed E-state index contributed by atoms with van der Waals surface area (Å²) in [7, 11) is 0. The number of rotatable bonds is 2. The van der Waals surface area contributed by atoms with Crippen LogP contribution in [0.2, 0.25) is 0 Å². The average Bonchev–Trinajstić information content (AvgIpc) is 2.48. The van der Waals surface area contributed by atoms with E-state index in [-0.39, 0.29) is 6.42 Å². The number of H-pyrrole nitrogens is 1. The zero-order chi connectivity index (χ0) is 9.26. The molecule has 0 amide bonds. The van der Waals surface area contributed by atoms with Crippen molar-refractivity contribution in [1.29, 1.82) is 0 Å². The molecule has 0 fully saturated rings. The number of hydrogen-bond acceptors (Lipinski definition) is 3. The molecule has 0 aliphatic carbocycles. The van der Waals surface area contributed by atoms with Gasteiger partial charge in [-0.25, -0.2) is 0 Å². The summed E-state index contributed by atoms with van der Waals surface area (Å²) in [5.41, 5.74) is 2.59. The summed E-state index contributed by atoms with van der Waals surface area (Å²) in [6.45, 7) is 1.17. The predicted molar refractivity (Wildman–Crippen MR) is 43.3 cm³/mol. The first-order valence-corrected chi connectivity index (χ1v) is 4.12. The zero-order valence-electron chi connectivity index (χ0n) is 7.04. The Kier molecular flexibility index (Phi) is 2.02. The van der Waals surface area contributed by atoms with Gasteiger partial charge < -0.3 is 9.84 Å². The molecule has 2 rings (SSSR count). The van der Waals surface area contributed by atoms with Gasteiger partial charge in [-0.15, -0.1) is 0 Å². The number of nitrogens with zero attached hydrogens (tertiary/aromatic N) is 1. The van der Waals surface area contributed by atoms with Crippen LogP contribution in [0.15, 0.2) is 0 Å². The molecule has 0 saturated carbocycles. The number of carboxylic acids is 1. The molecule has 1 aliphatic heterocycles. The van der Waals surface area contributed by atoms with Crippen molar-refractivity contribution in [3.63, 3.8) is 0 Å². The zero-order valence-corrected chi connectivity index (χ0v) is 7.04. The highest BCUT2D eigenvalue weighted by Gasteiger charge is 2.18. The van der Waals surface area contributed by atoms with E-state index in [0.717, 1.165) is 17.7 Å². The van der Waals surface area contributed by atoms with Gasteiger partial charge in [-0.1, -0.05) is 0 Å². The minimum Gasteiger partial charge on any atom is -0.481 e. The fraction of sp³-hybridized carbons (Fsp3) is 0.500. The van der Waals surface area contributed by atoms with Gasteiger partial charge in [0.1, 0.15) is 0 Å². The molecule has 1 aromatic rings. The highest BCUT2D eigenvalue weighted by Crippen LogP contribution is 2.18. The van der Waals surface area contributed by atoms with Crippen LogP contribution < -0.4 is 0 Å². The number of aliphatic carboxylic acids is 1. The lowest BCUT2D eigenvalue weighted by Crippen LogP contribution is -2.11. The van der Waals surface area contributed by atoms with Crippen LogP contribution in [0.3, 0.4) is 0 Å². The number of fused-ring (bicyclic) bond motifs is 1. The van der Waals surface area contributed by atoms with E-state index < -0.39 is 5.97 Å². The quantitative estimate of drug-likeness (QED) is 0.680. The van der Waals surface area contributed by atoms with Crippen LogP contribution >= 0.6 is 0 Å². The Balaban J connectivity index is 2.26. The third-order valence-electron chi connectivity index (χ3n) is 2.10. The summed E-state index contributed by atoms with van der Waals surface area (Å²) < 4.78 is 5.20. The van der Waals surface area contributed by atoms with E-state index >= 15 is 0 Å². The number of aromatic nitrogens is 2. The molecule has 0 spiro atoms. The van der Waals surface area contributed by atoms with Crippen LogP contribution in [0, 0.1) is 0 Å². The topological polar surface area (TPSA) is 75.2 Å². The fourth-order valence-corrected chi connectivity index (χ4v) is 1.50. The van der Waals surface area contributed by atoms with Gasteiger partial charge in [-0.2, -0.15) is 5.10 Å². The molecule has 1 aromatic heterocycles. The third-order valence-corrected chi connectivity index (χ3v) is 2.10. The number of aromatic amines is 1. The van der Waals surface area contributed by atoms with Crippen molar-refractivity contribution in [2.45, 2.75) is 19.4 Å². The van der Waals surface area contributed by atoms with Crippen molar-refractivity contribution in [2.75, 3.05) is 6.61 Å². The molecule has 2 N–H and O–H groups in total. The Labute approximate surface area is 74.7 Å². The lowest BCUT2D eigenvalue weighted by molar-refractivity contribution is -0.136. The van der Waals surface area contributed by atoms with Crippen LogP contribution in [0.4, 0.5) is 0 Å². The van der Waals surface area contributed by atoms with Crippen molar-refractivity contribution in [3.05, 3.63) is 17.0 Å². The maximum Gasteiger partial charge on any atom is 0.309 e. The minimum atomic E-state index is -0.846. The van der Waals surface area contributed by atoms with Crippen molar-refractivity contribution in [2.24, 2.45) is 0 Å². The van der Waals surface area contributed by atoms with E-state index in [1.807, 2.05) is 0 Å². The number of carbonyl (C=O) groups is 1. The van der Waals surface area contributed by atoms with E-state index in [0.29, 0.717) is 18.9 Å². The van der Waals surface area contributed by atoms with Crippen LogP contribution in [0.5, 0.6) is 0 Å². The lowest BCUT2D eigenvalue weighted by Gasteiger charge is -2.11. The lowest BCUT2D eigenvalue weighted by atomic mass is 10.1. The highest BCUT2D eigenvalue weighted by atomic mass is 16.5. The molecule has 0 atom stereocenters. The normalized spacial score (nSPS) is 15.4. The second-order valence-electron chi connectivity index (χ2n) is 3.00. The maximum absolute atomic E-state index is 10.5. The SMILES string of the molecule is O=C(O)Cc1n[nH]c2c1CCOC2. The van der Waals surface area contributed by atoms with E-state index in [1.165, 1.54) is 0 Å². The Bertz CT molecular complexity index is 332. The second kappa shape index (κ2) is 3.18. The summed E-state index contributed by atoms with van der Waals surface area (Å²) in [6, 6.07) is 0. The van der Waals surface area contributed by atoms with Gasteiger partial charge in [0, 0.05) is 5.56 Å². The summed E-state index contributed by atoms with van der Waals surface area (Å²) in [5.74, 6) is -0.846. The van der Waals surface area contributed by atoms with Crippen LogP contribution in [-0.4, -0.2) is 27.9 Å². The second-order valence-corrected chi connectivity index (χ2v) is 3.00. The van der Waals surface area contributed by atoms with Gasteiger partial charge in [0.2, 0.25) is 0 Å². The predicted octanol–water partition coefficient (Wildman–Crippen LogP) is 0.109. The largest absolute Gasteiger partial charge is 0.481 e. The first kappa shape index (κ1) is 8.25. The molecule has 0 unspecified atom stereocenters. The number of hydrogen-bond donors (Lipinski definition) is 2. The summed E-state index contributed by atoms with van der Waals surface area (Å²) in [4.78, 5) is 10.5. The van der Waals surface area contributed by atoms with E-state index in [1.54, 1.807) is 0 Å². The first-order valence-electron chi connectivity index (χ1n) is 4.12. The van der Waals surface area contributed by atoms with Gasteiger partial charge in [0.15, 0.2) is 0 Å². The molecule has 2 heterocycles. The maximum atomic E-state index is 10.5. The molecule has 0 saturated heterocycles. The standard InChI is InChI=1S/C8H10N2O3/c11-8(12)3-6-5-1-2-13-4-7(5)10-9-6/h1-4H2,(H,9,10)(H,11,12). The van der Waals surface area contributed by atoms with Crippen molar-refractivity contribution in [1.82, 2.24) is 10.2 Å². The Hall–Kier alpha value is -1.36. The number of ether oxygens (including phenoxy) is 1. The fourth-order valence-electron chi connectivity index (χ4n) is 1.50. The van der Waals surface area contributed by atoms with E-state index in [4.69, 9.17) is 9.84 Å². The van der Waals surface area contributed by atoms with Crippen molar-refractivity contribution < 1.29 is 14.6 Å². The van der Waals surface area contributed by atoms with Gasteiger partial charge in [0.25, 0.3) is 0 Å². The number of carboxylic acid groups (broad SMARTS) is 1. The summed E-state index contributed by atoms with van der Waals surface area (Å²) in [5, 5.41) is 15.3. The summed E-state index contributed by atoms with van der Waals surface area (Å²) in [6.07, 6.45) is 0.750. The van der Waals surface area contributed by atoms with Gasteiger partial charge >= 0.3 is 5.97 Å². The highest BCUT2D eigenvalue weighted by molar-refractivity contribution is 5.70. The minimum absolute atomic E-state index is 0.00810. The summed E-state index contributed by atoms with van der Waals surface area (Å²) >= 11 is 0. The molecule has 1 aliphatic rings. The van der Waals surface area contributed by atoms with Crippen LogP contribution in [-0.2, 0) is 29.0 Å².